The van der Waals surface area contributed by atoms with Gasteiger partial charge in [0.1, 0.15) is 5.69 Å². The van der Waals surface area contributed by atoms with Crippen molar-refractivity contribution in [3.05, 3.63) is 22.4 Å². The molecule has 2 rings (SSSR count). The molecular formula is C14H21BrN2O2. The molecule has 1 fully saturated rings. The Kier molecular flexibility index (Phi) is 4.68. The second-order valence-corrected chi connectivity index (χ2v) is 6.20. The van der Waals surface area contributed by atoms with Crippen LogP contribution in [-0.4, -0.2) is 27.7 Å². The monoisotopic (exact) mass is 328 g/mol. The first kappa shape index (κ1) is 14.6. The number of aryl methyl sites for hydroxylation is 1. The molecule has 0 saturated heterocycles. The Morgan fingerprint density at radius 3 is 2.74 bits per heavy atom. The van der Waals surface area contributed by atoms with Crippen LogP contribution in [0.15, 0.2) is 16.7 Å². The molecule has 0 unspecified atom stereocenters. The topological polar surface area (TPSA) is 54.3 Å². The lowest BCUT2D eigenvalue weighted by atomic mass is 9.82. The summed E-state index contributed by atoms with van der Waals surface area (Å²) >= 11 is 3.40. The molecule has 1 aliphatic rings. The smallest absolute Gasteiger partial charge is 0.268 e. The molecule has 0 aliphatic heterocycles. The molecule has 4 nitrogen and oxygen atoms in total. The lowest BCUT2D eigenvalue weighted by Gasteiger charge is -2.36. The maximum Gasteiger partial charge on any atom is 0.268 e. The van der Waals surface area contributed by atoms with Gasteiger partial charge >= 0.3 is 0 Å². The molecule has 5 heteroatoms. The van der Waals surface area contributed by atoms with Gasteiger partial charge in [-0.05, 0) is 41.8 Å². The third kappa shape index (κ3) is 3.20. The number of halogens is 1. The maximum atomic E-state index is 12.4. The van der Waals surface area contributed by atoms with Crippen molar-refractivity contribution in [1.29, 1.82) is 0 Å². The molecule has 1 heterocycles. The van der Waals surface area contributed by atoms with Gasteiger partial charge in [-0.1, -0.05) is 19.3 Å². The normalized spacial score (nSPS) is 18.3. The summed E-state index contributed by atoms with van der Waals surface area (Å²) in [6.07, 6.45) is 6.96. The van der Waals surface area contributed by atoms with E-state index in [1.807, 2.05) is 23.8 Å². The van der Waals surface area contributed by atoms with Crippen molar-refractivity contribution >= 4 is 21.8 Å². The average Bonchev–Trinajstić information content (AvgIpc) is 2.81. The zero-order chi connectivity index (χ0) is 13.9. The van der Waals surface area contributed by atoms with Gasteiger partial charge in [0.15, 0.2) is 0 Å². The summed E-state index contributed by atoms with van der Waals surface area (Å²) < 4.78 is 2.81. The van der Waals surface area contributed by atoms with E-state index in [9.17, 15) is 9.90 Å². The first-order valence-electron chi connectivity index (χ1n) is 6.89. The third-order valence-corrected chi connectivity index (χ3v) is 4.36. The summed E-state index contributed by atoms with van der Waals surface area (Å²) in [5, 5.41) is 12.7. The van der Waals surface area contributed by atoms with Crippen LogP contribution in [0.2, 0.25) is 0 Å². The van der Waals surface area contributed by atoms with Crippen LogP contribution in [0.3, 0.4) is 0 Å². The minimum absolute atomic E-state index is 0.0206. The van der Waals surface area contributed by atoms with Crippen LogP contribution in [0.4, 0.5) is 0 Å². The fraction of sp³-hybridized carbons (Fsp3) is 0.643. The maximum absolute atomic E-state index is 12.4. The quantitative estimate of drug-likeness (QED) is 0.892. The van der Waals surface area contributed by atoms with Gasteiger partial charge in [-0.25, -0.2) is 0 Å². The zero-order valence-electron chi connectivity index (χ0n) is 11.3. The van der Waals surface area contributed by atoms with Crippen LogP contribution < -0.4 is 5.32 Å². The van der Waals surface area contributed by atoms with Gasteiger partial charge in [-0.3, -0.25) is 4.79 Å². The molecule has 106 valence electrons. The Morgan fingerprint density at radius 1 is 1.47 bits per heavy atom. The van der Waals surface area contributed by atoms with Gasteiger partial charge in [0.05, 0.1) is 12.1 Å². The molecule has 1 aromatic heterocycles. The van der Waals surface area contributed by atoms with E-state index in [4.69, 9.17) is 0 Å². The number of nitrogens with one attached hydrogen (secondary N) is 1. The Labute approximate surface area is 122 Å². The van der Waals surface area contributed by atoms with Crippen LogP contribution in [0.1, 0.15) is 49.5 Å². The summed E-state index contributed by atoms with van der Waals surface area (Å²) in [6, 6.07) is 1.83. The van der Waals surface area contributed by atoms with Gasteiger partial charge in [0.25, 0.3) is 5.91 Å². The molecule has 0 aromatic carbocycles. The molecule has 2 N–H and O–H groups in total. The van der Waals surface area contributed by atoms with E-state index in [0.717, 1.165) is 36.7 Å². The fourth-order valence-electron chi connectivity index (χ4n) is 2.78. The minimum Gasteiger partial charge on any atom is -0.394 e. The third-order valence-electron chi connectivity index (χ3n) is 3.93. The van der Waals surface area contributed by atoms with E-state index in [-0.39, 0.29) is 12.5 Å². The van der Waals surface area contributed by atoms with Gasteiger partial charge in [-0.15, -0.1) is 0 Å². The number of aliphatic hydroxyl groups excluding tert-OH is 1. The number of aliphatic hydroxyl groups is 1. The zero-order valence-corrected chi connectivity index (χ0v) is 12.9. The van der Waals surface area contributed by atoms with Crippen molar-refractivity contribution in [1.82, 2.24) is 9.88 Å². The number of nitrogens with zero attached hydrogens (tertiary/aromatic N) is 1. The van der Waals surface area contributed by atoms with Gasteiger partial charge in [-0.2, -0.15) is 0 Å². The van der Waals surface area contributed by atoms with E-state index in [1.54, 1.807) is 0 Å². The number of rotatable bonds is 4. The minimum atomic E-state index is -0.426. The number of amides is 1. The van der Waals surface area contributed by atoms with Crippen molar-refractivity contribution < 1.29 is 9.90 Å². The van der Waals surface area contributed by atoms with Gasteiger partial charge < -0.3 is 15.0 Å². The highest BCUT2D eigenvalue weighted by Gasteiger charge is 2.33. The Hall–Kier alpha value is -0.810. The summed E-state index contributed by atoms with van der Waals surface area (Å²) in [7, 11) is 0. The SMILES string of the molecule is CCn1cc(Br)cc1C(=O)NC1(CO)CCCCC1. The first-order valence-corrected chi connectivity index (χ1v) is 7.68. The van der Waals surface area contributed by atoms with Gasteiger partial charge in [0, 0.05) is 17.2 Å². The predicted molar refractivity (Wildman–Crippen MR) is 78.2 cm³/mol. The van der Waals surface area contributed by atoms with Crippen molar-refractivity contribution in [2.24, 2.45) is 0 Å². The molecule has 0 atom stereocenters. The van der Waals surface area contributed by atoms with Crippen molar-refractivity contribution in [2.45, 2.75) is 51.1 Å². The lowest BCUT2D eigenvalue weighted by Crippen LogP contribution is -2.52. The first-order chi connectivity index (χ1) is 9.10. The van der Waals surface area contributed by atoms with Crippen molar-refractivity contribution in [3.8, 4) is 0 Å². The number of carbonyl (C=O) groups excluding carboxylic acids is 1. The standard InChI is InChI=1S/C14H21BrN2O2/c1-2-17-9-11(15)8-12(17)13(19)16-14(10-18)6-4-3-5-7-14/h8-9,18H,2-7,10H2,1H3,(H,16,19). The Balaban J connectivity index is 2.14. The van der Waals surface area contributed by atoms with E-state index in [2.05, 4.69) is 21.2 Å². The highest BCUT2D eigenvalue weighted by molar-refractivity contribution is 9.10. The molecule has 19 heavy (non-hydrogen) atoms. The Morgan fingerprint density at radius 2 is 2.16 bits per heavy atom. The van der Waals surface area contributed by atoms with Gasteiger partial charge in [0.2, 0.25) is 0 Å². The molecule has 0 radical (unpaired) electrons. The van der Waals surface area contributed by atoms with Crippen LogP contribution in [0.25, 0.3) is 0 Å². The lowest BCUT2D eigenvalue weighted by molar-refractivity contribution is 0.0750. The van der Waals surface area contributed by atoms with E-state index < -0.39 is 5.54 Å². The summed E-state index contributed by atoms with van der Waals surface area (Å²) in [5.41, 5.74) is 0.220. The average molecular weight is 329 g/mol. The highest BCUT2D eigenvalue weighted by Crippen LogP contribution is 2.28. The number of aromatic nitrogens is 1. The van der Waals surface area contributed by atoms with E-state index >= 15 is 0 Å². The largest absolute Gasteiger partial charge is 0.394 e. The molecule has 1 saturated carbocycles. The van der Waals surface area contributed by atoms with Crippen LogP contribution in [0.5, 0.6) is 0 Å². The number of carbonyl (C=O) groups is 1. The molecular weight excluding hydrogens is 308 g/mol. The van der Waals surface area contributed by atoms with Crippen molar-refractivity contribution in [3.63, 3.8) is 0 Å². The second kappa shape index (κ2) is 6.09. The second-order valence-electron chi connectivity index (χ2n) is 5.28. The fourth-order valence-corrected chi connectivity index (χ4v) is 3.25. The molecule has 1 aliphatic carbocycles. The van der Waals surface area contributed by atoms with Crippen LogP contribution in [0, 0.1) is 0 Å². The van der Waals surface area contributed by atoms with E-state index in [0.29, 0.717) is 5.69 Å². The van der Waals surface area contributed by atoms with Crippen molar-refractivity contribution in [2.75, 3.05) is 6.61 Å². The number of hydrogen-bond donors (Lipinski definition) is 2. The molecule has 0 spiro atoms. The molecule has 0 bridgehead atoms. The summed E-state index contributed by atoms with van der Waals surface area (Å²) in [6.45, 7) is 2.78. The summed E-state index contributed by atoms with van der Waals surface area (Å²) in [4.78, 5) is 12.4. The number of hydrogen-bond acceptors (Lipinski definition) is 2. The summed E-state index contributed by atoms with van der Waals surface area (Å²) in [5.74, 6) is -0.0940. The highest BCUT2D eigenvalue weighted by atomic mass is 79.9. The van der Waals surface area contributed by atoms with Crippen LogP contribution >= 0.6 is 15.9 Å². The van der Waals surface area contributed by atoms with Crippen LogP contribution in [-0.2, 0) is 6.54 Å². The molecule has 1 amide bonds. The predicted octanol–water partition coefficient (Wildman–Crippen LogP) is 2.70. The van der Waals surface area contributed by atoms with E-state index in [1.165, 1.54) is 6.42 Å². The Bertz CT molecular complexity index is 450. The molecule has 1 aromatic rings.